The Morgan fingerprint density at radius 1 is 1.44 bits per heavy atom. The second-order valence-corrected chi connectivity index (χ2v) is 3.97. The van der Waals surface area contributed by atoms with Crippen LogP contribution in [0.25, 0.3) is 5.57 Å². The van der Waals surface area contributed by atoms with Crippen LogP contribution in [0.1, 0.15) is 18.1 Å². The highest BCUT2D eigenvalue weighted by Crippen LogP contribution is 2.26. The molecule has 0 aliphatic carbocycles. The normalized spacial score (nSPS) is 13.6. The summed E-state index contributed by atoms with van der Waals surface area (Å²) in [5.74, 6) is -0.697. The molecular formula is C12H13ClFNO. The van der Waals surface area contributed by atoms with Gasteiger partial charge in [-0.05, 0) is 42.7 Å². The fourth-order valence-electron chi connectivity index (χ4n) is 1.35. The van der Waals surface area contributed by atoms with E-state index in [4.69, 9.17) is 17.3 Å². The van der Waals surface area contributed by atoms with Crippen molar-refractivity contribution in [3.05, 3.63) is 46.4 Å². The minimum atomic E-state index is -0.846. The molecule has 0 spiro atoms. The Morgan fingerprint density at radius 2 is 2.06 bits per heavy atom. The monoisotopic (exact) mass is 241 g/mol. The average molecular weight is 242 g/mol. The standard InChI is InChI=1S/C12H13ClFNO/c1-7-3-9(5-10(16)4-7)8(2)11(13)6-12(14)15/h3-6,16H,15H2,1-2H3/b11-8-,12-6-. The number of halogens is 2. The molecule has 86 valence electrons. The lowest BCUT2D eigenvalue weighted by Crippen LogP contribution is -1.90. The lowest BCUT2D eigenvalue weighted by atomic mass is 10.0. The van der Waals surface area contributed by atoms with E-state index in [2.05, 4.69) is 0 Å². The van der Waals surface area contributed by atoms with E-state index < -0.39 is 5.95 Å². The van der Waals surface area contributed by atoms with Gasteiger partial charge in [0, 0.05) is 11.1 Å². The van der Waals surface area contributed by atoms with E-state index >= 15 is 0 Å². The number of hydrogen-bond donors (Lipinski definition) is 2. The molecule has 0 radical (unpaired) electrons. The molecule has 0 aliphatic heterocycles. The highest BCUT2D eigenvalue weighted by Gasteiger charge is 2.04. The summed E-state index contributed by atoms with van der Waals surface area (Å²) in [6.45, 7) is 3.58. The van der Waals surface area contributed by atoms with Gasteiger partial charge in [-0.15, -0.1) is 0 Å². The Labute approximate surface area is 98.8 Å². The van der Waals surface area contributed by atoms with E-state index in [9.17, 15) is 9.50 Å². The first kappa shape index (κ1) is 12.6. The minimum absolute atomic E-state index is 0.149. The largest absolute Gasteiger partial charge is 0.508 e. The lowest BCUT2D eigenvalue weighted by molar-refractivity contribution is 0.474. The van der Waals surface area contributed by atoms with Crippen molar-refractivity contribution in [1.82, 2.24) is 0 Å². The van der Waals surface area contributed by atoms with Gasteiger partial charge in [0.05, 0.1) is 0 Å². The zero-order chi connectivity index (χ0) is 12.3. The molecule has 1 aromatic rings. The predicted octanol–water partition coefficient (Wildman–Crippen LogP) is 3.44. The molecule has 3 N–H and O–H groups in total. The highest BCUT2D eigenvalue weighted by atomic mass is 35.5. The molecular weight excluding hydrogens is 229 g/mol. The Kier molecular flexibility index (Phi) is 3.96. The summed E-state index contributed by atoms with van der Waals surface area (Å²) in [7, 11) is 0. The number of phenolic OH excluding ortho intramolecular Hbond substituents is 1. The van der Waals surface area contributed by atoms with Crippen LogP contribution >= 0.6 is 11.6 Å². The lowest BCUT2D eigenvalue weighted by Gasteiger charge is -2.05. The smallest absolute Gasteiger partial charge is 0.185 e. The van der Waals surface area contributed by atoms with Crippen LogP contribution in [0.15, 0.2) is 35.3 Å². The molecule has 0 atom stereocenters. The van der Waals surface area contributed by atoms with Crippen LogP contribution in [0.3, 0.4) is 0 Å². The van der Waals surface area contributed by atoms with Crippen LogP contribution in [0, 0.1) is 6.92 Å². The van der Waals surface area contributed by atoms with Crippen LogP contribution in [-0.4, -0.2) is 5.11 Å². The van der Waals surface area contributed by atoms with Crippen LogP contribution in [0.5, 0.6) is 5.75 Å². The number of phenols is 1. The van der Waals surface area contributed by atoms with Crippen LogP contribution in [0.2, 0.25) is 0 Å². The summed E-state index contributed by atoms with van der Waals surface area (Å²) in [5, 5.41) is 9.64. The molecule has 0 amide bonds. The molecule has 0 aliphatic rings. The quantitative estimate of drug-likeness (QED) is 0.616. The maximum atomic E-state index is 12.5. The number of aromatic hydroxyl groups is 1. The molecule has 4 heteroatoms. The van der Waals surface area contributed by atoms with Gasteiger partial charge in [0.15, 0.2) is 5.95 Å². The number of hydrogen-bond acceptors (Lipinski definition) is 2. The SMILES string of the molecule is C/C(=C(Cl)\C=C(/N)F)c1cc(C)cc(O)c1. The van der Waals surface area contributed by atoms with Gasteiger partial charge in [-0.2, -0.15) is 4.39 Å². The molecule has 2 nitrogen and oxygen atoms in total. The van der Waals surface area contributed by atoms with Gasteiger partial charge in [0.25, 0.3) is 0 Å². The Hall–Kier alpha value is -1.48. The minimum Gasteiger partial charge on any atom is -0.508 e. The van der Waals surface area contributed by atoms with Gasteiger partial charge >= 0.3 is 0 Å². The first-order chi connectivity index (χ1) is 7.40. The molecule has 1 rings (SSSR count). The Bertz CT molecular complexity index is 442. The van der Waals surface area contributed by atoms with Crippen molar-refractivity contribution < 1.29 is 9.50 Å². The third-order valence-corrected chi connectivity index (χ3v) is 2.51. The highest BCUT2D eigenvalue weighted by molar-refractivity contribution is 6.34. The van der Waals surface area contributed by atoms with E-state index in [1.165, 1.54) is 0 Å². The van der Waals surface area contributed by atoms with Gasteiger partial charge in [-0.3, -0.25) is 0 Å². The Balaban J connectivity index is 3.23. The molecule has 0 saturated heterocycles. The average Bonchev–Trinajstić information content (AvgIpc) is 2.13. The molecule has 0 unspecified atom stereocenters. The Morgan fingerprint density at radius 3 is 2.56 bits per heavy atom. The van der Waals surface area contributed by atoms with Crippen molar-refractivity contribution in [2.45, 2.75) is 13.8 Å². The summed E-state index contributed by atoms with van der Waals surface area (Å²) in [5.41, 5.74) is 7.18. The maximum absolute atomic E-state index is 12.5. The van der Waals surface area contributed by atoms with E-state index in [-0.39, 0.29) is 10.8 Å². The fraction of sp³-hybridized carbons (Fsp3) is 0.167. The number of nitrogens with two attached hydrogens (primary N) is 1. The number of allylic oxidation sites excluding steroid dienone is 3. The van der Waals surface area contributed by atoms with Crippen molar-refractivity contribution in [3.63, 3.8) is 0 Å². The molecule has 1 aromatic carbocycles. The van der Waals surface area contributed by atoms with Gasteiger partial charge in [0.1, 0.15) is 5.75 Å². The van der Waals surface area contributed by atoms with Crippen molar-refractivity contribution >= 4 is 17.2 Å². The van der Waals surface area contributed by atoms with Crippen molar-refractivity contribution in [1.29, 1.82) is 0 Å². The summed E-state index contributed by atoms with van der Waals surface area (Å²) in [6, 6.07) is 5.04. The van der Waals surface area contributed by atoms with Crippen LogP contribution < -0.4 is 5.73 Å². The third-order valence-electron chi connectivity index (χ3n) is 2.12. The maximum Gasteiger partial charge on any atom is 0.185 e. The molecule has 0 aromatic heterocycles. The number of benzene rings is 1. The van der Waals surface area contributed by atoms with Gasteiger partial charge < -0.3 is 10.8 Å². The number of aryl methyl sites for hydroxylation is 1. The van der Waals surface area contributed by atoms with E-state index in [0.29, 0.717) is 5.57 Å². The second kappa shape index (κ2) is 5.03. The summed E-state index contributed by atoms with van der Waals surface area (Å²) in [4.78, 5) is 0. The first-order valence-electron chi connectivity index (χ1n) is 4.70. The first-order valence-corrected chi connectivity index (χ1v) is 5.08. The van der Waals surface area contributed by atoms with Gasteiger partial charge in [-0.25, -0.2) is 0 Å². The van der Waals surface area contributed by atoms with Crippen molar-refractivity contribution in [2.75, 3.05) is 0 Å². The molecule has 0 saturated carbocycles. The van der Waals surface area contributed by atoms with Crippen molar-refractivity contribution in [3.8, 4) is 5.75 Å². The van der Waals surface area contributed by atoms with Crippen molar-refractivity contribution in [2.24, 2.45) is 5.73 Å². The molecule has 0 fully saturated rings. The van der Waals surface area contributed by atoms with Crippen LogP contribution in [-0.2, 0) is 0 Å². The third kappa shape index (κ3) is 3.28. The summed E-state index contributed by atoms with van der Waals surface area (Å²) < 4.78 is 12.5. The van der Waals surface area contributed by atoms with E-state index in [1.807, 2.05) is 13.0 Å². The zero-order valence-electron chi connectivity index (χ0n) is 9.09. The van der Waals surface area contributed by atoms with Gasteiger partial charge in [-0.1, -0.05) is 17.7 Å². The van der Waals surface area contributed by atoms with E-state index in [1.54, 1.807) is 19.1 Å². The predicted molar refractivity (Wildman–Crippen MR) is 64.7 cm³/mol. The summed E-state index contributed by atoms with van der Waals surface area (Å²) >= 11 is 5.87. The zero-order valence-corrected chi connectivity index (χ0v) is 9.85. The second-order valence-electron chi connectivity index (χ2n) is 3.56. The number of rotatable bonds is 2. The van der Waals surface area contributed by atoms with Gasteiger partial charge in [0.2, 0.25) is 0 Å². The summed E-state index contributed by atoms with van der Waals surface area (Å²) in [6.07, 6.45) is 1.04. The van der Waals surface area contributed by atoms with Crippen LogP contribution in [0.4, 0.5) is 4.39 Å². The fourth-order valence-corrected chi connectivity index (χ4v) is 1.56. The molecule has 16 heavy (non-hydrogen) atoms. The molecule has 0 bridgehead atoms. The van der Waals surface area contributed by atoms with E-state index in [0.717, 1.165) is 17.2 Å². The molecule has 0 heterocycles. The topological polar surface area (TPSA) is 46.2 Å².